The van der Waals surface area contributed by atoms with Gasteiger partial charge in [-0.15, -0.1) is 0 Å². The van der Waals surface area contributed by atoms with Crippen molar-refractivity contribution in [2.75, 3.05) is 14.2 Å². The lowest BCUT2D eigenvalue weighted by atomic mass is 9.91. The van der Waals surface area contributed by atoms with Crippen LogP contribution in [0.5, 0.6) is 5.75 Å². The number of methoxy groups -OCH3 is 2. The second-order valence-electron chi connectivity index (χ2n) is 5.75. The minimum absolute atomic E-state index is 0.365. The smallest absolute Gasteiger partial charge is 0.122 e. The molecular formula is C17H27NO2. The Balaban J connectivity index is 1.92. The Hall–Kier alpha value is -1.06. The number of rotatable bonds is 6. The van der Waals surface area contributed by atoms with Gasteiger partial charge in [-0.3, -0.25) is 0 Å². The molecule has 1 aromatic carbocycles. The molecule has 1 N–H and O–H groups in total. The van der Waals surface area contributed by atoms with Crippen LogP contribution in [0.25, 0.3) is 0 Å². The van der Waals surface area contributed by atoms with Gasteiger partial charge in [0.25, 0.3) is 0 Å². The summed E-state index contributed by atoms with van der Waals surface area (Å²) in [6.07, 6.45) is 6.33. The fourth-order valence-corrected chi connectivity index (χ4v) is 3.20. The number of ether oxygens (including phenoxy) is 2. The SMILES string of the molecule is COc1ccccc1CC(C)NC1CCCCC1OC. The Labute approximate surface area is 122 Å². The molecular weight excluding hydrogens is 250 g/mol. The monoisotopic (exact) mass is 277 g/mol. The van der Waals surface area contributed by atoms with Gasteiger partial charge in [0.1, 0.15) is 5.75 Å². The number of hydrogen-bond donors (Lipinski definition) is 1. The average Bonchev–Trinajstić information content (AvgIpc) is 2.48. The van der Waals surface area contributed by atoms with Crippen molar-refractivity contribution in [3.63, 3.8) is 0 Å². The fourth-order valence-electron chi connectivity index (χ4n) is 3.20. The molecule has 0 spiro atoms. The normalized spacial score (nSPS) is 24.4. The Bertz CT molecular complexity index is 408. The Morgan fingerprint density at radius 2 is 1.95 bits per heavy atom. The van der Waals surface area contributed by atoms with E-state index in [1.807, 2.05) is 19.2 Å². The first kappa shape index (κ1) is 15.3. The van der Waals surface area contributed by atoms with Gasteiger partial charge in [0.15, 0.2) is 0 Å². The Kier molecular flexibility index (Phi) is 5.86. The summed E-state index contributed by atoms with van der Waals surface area (Å²) in [4.78, 5) is 0. The molecule has 112 valence electrons. The first-order valence-electron chi connectivity index (χ1n) is 7.65. The van der Waals surface area contributed by atoms with Gasteiger partial charge in [0, 0.05) is 19.2 Å². The molecule has 0 radical (unpaired) electrons. The van der Waals surface area contributed by atoms with Crippen molar-refractivity contribution in [2.45, 2.75) is 57.2 Å². The van der Waals surface area contributed by atoms with E-state index in [1.54, 1.807) is 7.11 Å². The van der Waals surface area contributed by atoms with Crippen molar-refractivity contribution in [3.8, 4) is 5.75 Å². The molecule has 0 amide bonds. The molecule has 0 aromatic heterocycles. The maximum absolute atomic E-state index is 5.61. The van der Waals surface area contributed by atoms with Crippen molar-refractivity contribution in [1.82, 2.24) is 5.32 Å². The molecule has 3 unspecified atom stereocenters. The van der Waals surface area contributed by atoms with Crippen LogP contribution in [-0.2, 0) is 11.2 Å². The summed E-state index contributed by atoms with van der Waals surface area (Å²) < 4.78 is 11.0. The number of hydrogen-bond acceptors (Lipinski definition) is 3. The molecule has 3 heteroatoms. The topological polar surface area (TPSA) is 30.5 Å². The quantitative estimate of drug-likeness (QED) is 0.866. The van der Waals surface area contributed by atoms with Crippen LogP contribution in [-0.4, -0.2) is 32.4 Å². The highest BCUT2D eigenvalue weighted by Gasteiger charge is 2.25. The van der Waals surface area contributed by atoms with Crippen molar-refractivity contribution >= 4 is 0 Å². The minimum Gasteiger partial charge on any atom is -0.496 e. The summed E-state index contributed by atoms with van der Waals surface area (Å²) in [5, 5.41) is 3.74. The lowest BCUT2D eigenvalue weighted by Crippen LogP contribution is -2.47. The van der Waals surface area contributed by atoms with E-state index in [-0.39, 0.29) is 0 Å². The summed E-state index contributed by atoms with van der Waals surface area (Å²) in [6.45, 7) is 2.24. The van der Waals surface area contributed by atoms with Crippen molar-refractivity contribution in [2.24, 2.45) is 0 Å². The lowest BCUT2D eigenvalue weighted by molar-refractivity contribution is 0.0384. The van der Waals surface area contributed by atoms with Gasteiger partial charge in [-0.2, -0.15) is 0 Å². The van der Waals surface area contributed by atoms with E-state index in [9.17, 15) is 0 Å². The van der Waals surface area contributed by atoms with Crippen LogP contribution in [0, 0.1) is 0 Å². The highest BCUT2D eigenvalue weighted by atomic mass is 16.5. The summed E-state index contributed by atoms with van der Waals surface area (Å²) in [5.41, 5.74) is 1.26. The number of nitrogens with one attached hydrogen (secondary N) is 1. The summed E-state index contributed by atoms with van der Waals surface area (Å²) in [5.74, 6) is 0.980. The molecule has 1 aromatic rings. The van der Waals surface area contributed by atoms with Gasteiger partial charge < -0.3 is 14.8 Å². The highest BCUT2D eigenvalue weighted by molar-refractivity contribution is 5.33. The molecule has 0 saturated heterocycles. The van der Waals surface area contributed by atoms with E-state index in [1.165, 1.54) is 31.2 Å². The zero-order chi connectivity index (χ0) is 14.4. The standard InChI is InChI=1S/C17H27NO2/c1-13(12-14-8-4-6-10-16(14)19-2)18-15-9-5-7-11-17(15)20-3/h4,6,8,10,13,15,17-18H,5,7,9,11-12H2,1-3H3. The first-order chi connectivity index (χ1) is 9.74. The summed E-state index contributed by atoms with van der Waals surface area (Å²) in [7, 11) is 3.56. The van der Waals surface area contributed by atoms with Crippen LogP contribution in [0.15, 0.2) is 24.3 Å². The van der Waals surface area contributed by atoms with Crippen molar-refractivity contribution in [3.05, 3.63) is 29.8 Å². The predicted molar refractivity (Wildman–Crippen MR) is 82.3 cm³/mol. The second kappa shape index (κ2) is 7.65. The van der Waals surface area contributed by atoms with Gasteiger partial charge in [-0.25, -0.2) is 0 Å². The zero-order valence-corrected chi connectivity index (χ0v) is 12.9. The molecule has 3 nitrogen and oxygen atoms in total. The molecule has 0 aliphatic heterocycles. The fraction of sp³-hybridized carbons (Fsp3) is 0.647. The van der Waals surface area contributed by atoms with Crippen LogP contribution in [0.3, 0.4) is 0 Å². The van der Waals surface area contributed by atoms with Crippen LogP contribution in [0.1, 0.15) is 38.2 Å². The van der Waals surface area contributed by atoms with Crippen molar-refractivity contribution < 1.29 is 9.47 Å². The minimum atomic E-state index is 0.365. The van der Waals surface area contributed by atoms with Gasteiger partial charge in [-0.05, 0) is 37.8 Å². The summed E-state index contributed by atoms with van der Waals surface area (Å²) >= 11 is 0. The molecule has 1 fully saturated rings. The Morgan fingerprint density at radius 1 is 1.20 bits per heavy atom. The van der Waals surface area contributed by atoms with E-state index >= 15 is 0 Å². The van der Waals surface area contributed by atoms with Crippen LogP contribution in [0.2, 0.25) is 0 Å². The maximum Gasteiger partial charge on any atom is 0.122 e. The number of para-hydroxylation sites is 1. The third-order valence-corrected chi connectivity index (χ3v) is 4.22. The molecule has 0 bridgehead atoms. The lowest BCUT2D eigenvalue weighted by Gasteiger charge is -2.33. The molecule has 1 saturated carbocycles. The third kappa shape index (κ3) is 3.97. The van der Waals surface area contributed by atoms with Gasteiger partial charge in [0.2, 0.25) is 0 Å². The van der Waals surface area contributed by atoms with Crippen LogP contribution in [0.4, 0.5) is 0 Å². The predicted octanol–water partition coefficient (Wildman–Crippen LogP) is 3.17. The van der Waals surface area contributed by atoms with E-state index in [0.29, 0.717) is 18.2 Å². The average molecular weight is 277 g/mol. The van der Waals surface area contributed by atoms with Crippen molar-refractivity contribution in [1.29, 1.82) is 0 Å². The van der Waals surface area contributed by atoms with Gasteiger partial charge >= 0.3 is 0 Å². The molecule has 1 aliphatic rings. The van der Waals surface area contributed by atoms with E-state index in [2.05, 4.69) is 24.4 Å². The van der Waals surface area contributed by atoms with Crippen LogP contribution >= 0.6 is 0 Å². The molecule has 20 heavy (non-hydrogen) atoms. The van der Waals surface area contributed by atoms with Gasteiger partial charge in [0.05, 0.1) is 13.2 Å². The zero-order valence-electron chi connectivity index (χ0n) is 12.9. The second-order valence-corrected chi connectivity index (χ2v) is 5.75. The highest BCUT2D eigenvalue weighted by Crippen LogP contribution is 2.23. The molecule has 1 aliphatic carbocycles. The molecule has 2 rings (SSSR count). The largest absolute Gasteiger partial charge is 0.496 e. The number of benzene rings is 1. The first-order valence-corrected chi connectivity index (χ1v) is 7.65. The Morgan fingerprint density at radius 3 is 2.70 bits per heavy atom. The maximum atomic E-state index is 5.61. The van der Waals surface area contributed by atoms with E-state index in [4.69, 9.17) is 9.47 Å². The summed E-state index contributed by atoms with van der Waals surface area (Å²) in [6, 6.07) is 9.17. The molecule has 3 atom stereocenters. The third-order valence-electron chi connectivity index (χ3n) is 4.22. The van der Waals surface area contributed by atoms with Crippen LogP contribution < -0.4 is 10.1 Å². The van der Waals surface area contributed by atoms with E-state index < -0.39 is 0 Å². The van der Waals surface area contributed by atoms with Gasteiger partial charge in [-0.1, -0.05) is 31.0 Å². The van der Waals surface area contributed by atoms with E-state index in [0.717, 1.165) is 12.2 Å². The molecule has 0 heterocycles.